The molecule has 0 amide bonds. The lowest BCUT2D eigenvalue weighted by Gasteiger charge is -2.04. The van der Waals surface area contributed by atoms with Crippen molar-refractivity contribution in [1.29, 1.82) is 0 Å². The van der Waals surface area contributed by atoms with E-state index in [0.717, 1.165) is 29.7 Å². The number of ketones is 1. The molecular formula is C18H20O3. The maximum Gasteiger partial charge on any atom is 0.133 e. The average molecular weight is 284 g/mol. The first-order valence-corrected chi connectivity index (χ1v) is 7.10. The van der Waals surface area contributed by atoms with Crippen molar-refractivity contribution in [2.75, 3.05) is 7.11 Å². The molecule has 0 heterocycles. The summed E-state index contributed by atoms with van der Waals surface area (Å²) in [6, 6.07) is 14.8. The van der Waals surface area contributed by atoms with Crippen LogP contribution in [0.3, 0.4) is 0 Å². The van der Waals surface area contributed by atoms with Crippen LogP contribution in [0, 0.1) is 0 Å². The first-order valence-electron chi connectivity index (χ1n) is 7.10. The molecule has 0 spiro atoms. The maximum absolute atomic E-state index is 11.9. The molecule has 110 valence electrons. The third-order valence-electron chi connectivity index (χ3n) is 3.48. The van der Waals surface area contributed by atoms with Gasteiger partial charge in [0.1, 0.15) is 17.3 Å². The number of aromatic hydroxyl groups is 1. The molecule has 2 aromatic carbocycles. The average Bonchev–Trinajstić information content (AvgIpc) is 2.53. The van der Waals surface area contributed by atoms with E-state index in [1.54, 1.807) is 19.2 Å². The van der Waals surface area contributed by atoms with Crippen molar-refractivity contribution in [3.8, 4) is 11.5 Å². The van der Waals surface area contributed by atoms with Gasteiger partial charge in [-0.05, 0) is 48.2 Å². The van der Waals surface area contributed by atoms with Crippen LogP contribution in [0.25, 0.3) is 0 Å². The third kappa shape index (κ3) is 4.95. The summed E-state index contributed by atoms with van der Waals surface area (Å²) in [7, 11) is 1.64. The summed E-state index contributed by atoms with van der Waals surface area (Å²) < 4.78 is 5.11. The fourth-order valence-electron chi connectivity index (χ4n) is 2.15. The fraction of sp³-hybridized carbons (Fsp3) is 0.278. The number of benzene rings is 2. The van der Waals surface area contributed by atoms with Gasteiger partial charge in [-0.3, -0.25) is 4.79 Å². The molecule has 21 heavy (non-hydrogen) atoms. The molecular weight excluding hydrogens is 264 g/mol. The first-order chi connectivity index (χ1) is 10.2. The minimum Gasteiger partial charge on any atom is -0.508 e. The van der Waals surface area contributed by atoms with Crippen LogP contribution < -0.4 is 4.74 Å². The van der Waals surface area contributed by atoms with Crippen LogP contribution in [-0.2, 0) is 17.6 Å². The van der Waals surface area contributed by atoms with Crippen molar-refractivity contribution < 1.29 is 14.6 Å². The van der Waals surface area contributed by atoms with Gasteiger partial charge in [-0.15, -0.1) is 0 Å². The second kappa shape index (κ2) is 7.48. The molecule has 0 fully saturated rings. The van der Waals surface area contributed by atoms with Crippen LogP contribution >= 0.6 is 0 Å². The Bertz CT molecular complexity index is 570. The van der Waals surface area contributed by atoms with Gasteiger partial charge in [0.05, 0.1) is 7.11 Å². The van der Waals surface area contributed by atoms with Crippen molar-refractivity contribution in [2.24, 2.45) is 0 Å². The van der Waals surface area contributed by atoms with Crippen molar-refractivity contribution in [1.82, 2.24) is 0 Å². The summed E-state index contributed by atoms with van der Waals surface area (Å²) in [5, 5.41) is 9.21. The Morgan fingerprint density at radius 3 is 1.86 bits per heavy atom. The van der Waals surface area contributed by atoms with Crippen LogP contribution in [-0.4, -0.2) is 18.0 Å². The lowest BCUT2D eigenvalue weighted by Crippen LogP contribution is -2.02. The van der Waals surface area contributed by atoms with Crippen LogP contribution in [0.15, 0.2) is 48.5 Å². The highest BCUT2D eigenvalue weighted by Gasteiger charge is 2.04. The number of hydrogen-bond donors (Lipinski definition) is 1. The van der Waals surface area contributed by atoms with Crippen LogP contribution in [0.5, 0.6) is 11.5 Å². The normalized spacial score (nSPS) is 10.3. The third-order valence-corrected chi connectivity index (χ3v) is 3.48. The monoisotopic (exact) mass is 284 g/mol. The lowest BCUT2D eigenvalue weighted by molar-refractivity contribution is -0.119. The SMILES string of the molecule is COc1ccc(CCC(=O)CCc2ccc(O)cc2)cc1. The van der Waals surface area contributed by atoms with Gasteiger partial charge in [-0.25, -0.2) is 0 Å². The van der Waals surface area contributed by atoms with E-state index < -0.39 is 0 Å². The van der Waals surface area contributed by atoms with Gasteiger partial charge < -0.3 is 9.84 Å². The molecule has 0 atom stereocenters. The van der Waals surface area contributed by atoms with E-state index in [2.05, 4.69) is 0 Å². The van der Waals surface area contributed by atoms with Gasteiger partial charge in [0.15, 0.2) is 0 Å². The molecule has 0 aliphatic carbocycles. The number of rotatable bonds is 7. The first kappa shape index (κ1) is 15.1. The van der Waals surface area contributed by atoms with Crippen molar-refractivity contribution in [2.45, 2.75) is 25.7 Å². The second-order valence-corrected chi connectivity index (χ2v) is 5.05. The Kier molecular flexibility index (Phi) is 5.38. The largest absolute Gasteiger partial charge is 0.508 e. The molecule has 3 nitrogen and oxygen atoms in total. The number of phenolic OH excluding ortho intramolecular Hbond substituents is 1. The fourth-order valence-corrected chi connectivity index (χ4v) is 2.15. The van der Waals surface area contributed by atoms with E-state index in [0.29, 0.717) is 12.8 Å². The van der Waals surface area contributed by atoms with Crippen LogP contribution in [0.1, 0.15) is 24.0 Å². The lowest BCUT2D eigenvalue weighted by atomic mass is 10.0. The standard InChI is InChI=1S/C18H20O3/c1-21-18-12-6-15(7-13-18)5-11-17(20)10-4-14-2-8-16(19)9-3-14/h2-3,6-9,12-13,19H,4-5,10-11H2,1H3. The molecule has 0 bridgehead atoms. The number of Topliss-reactive ketones (excluding diaryl/α,β-unsaturated/α-hetero) is 1. The van der Waals surface area contributed by atoms with E-state index in [4.69, 9.17) is 4.74 Å². The zero-order valence-electron chi connectivity index (χ0n) is 12.2. The minimum absolute atomic E-state index is 0.254. The topological polar surface area (TPSA) is 46.5 Å². The molecule has 0 saturated heterocycles. The number of carbonyl (C=O) groups excluding carboxylic acids is 1. The van der Waals surface area contributed by atoms with E-state index >= 15 is 0 Å². The molecule has 0 aliphatic heterocycles. The molecule has 0 unspecified atom stereocenters. The highest BCUT2D eigenvalue weighted by atomic mass is 16.5. The summed E-state index contributed by atoms with van der Waals surface area (Å²) in [4.78, 5) is 11.9. The number of methoxy groups -OCH3 is 1. The Labute approximate surface area is 125 Å². The Morgan fingerprint density at radius 2 is 1.38 bits per heavy atom. The van der Waals surface area contributed by atoms with Gasteiger partial charge in [0.2, 0.25) is 0 Å². The van der Waals surface area contributed by atoms with Gasteiger partial charge in [0.25, 0.3) is 0 Å². The molecule has 0 radical (unpaired) electrons. The summed E-state index contributed by atoms with van der Waals surface area (Å²) >= 11 is 0. The van der Waals surface area contributed by atoms with E-state index in [1.165, 1.54) is 0 Å². The Morgan fingerprint density at radius 1 is 0.905 bits per heavy atom. The predicted octanol–water partition coefficient (Wildman–Crippen LogP) is 3.54. The predicted molar refractivity (Wildman–Crippen MR) is 82.7 cm³/mol. The summed E-state index contributed by atoms with van der Waals surface area (Å²) in [5.74, 6) is 1.35. The summed E-state index contributed by atoms with van der Waals surface area (Å²) in [6.07, 6.45) is 2.59. The molecule has 0 saturated carbocycles. The van der Waals surface area contributed by atoms with Gasteiger partial charge in [0, 0.05) is 12.8 Å². The summed E-state index contributed by atoms with van der Waals surface area (Å²) in [5.41, 5.74) is 2.22. The Hall–Kier alpha value is -2.29. The van der Waals surface area contributed by atoms with Gasteiger partial charge in [-0.2, -0.15) is 0 Å². The van der Waals surface area contributed by atoms with E-state index in [1.807, 2.05) is 36.4 Å². The van der Waals surface area contributed by atoms with Crippen molar-refractivity contribution in [3.63, 3.8) is 0 Å². The van der Waals surface area contributed by atoms with Crippen LogP contribution in [0.2, 0.25) is 0 Å². The molecule has 3 heteroatoms. The van der Waals surface area contributed by atoms with E-state index in [9.17, 15) is 9.90 Å². The Balaban J connectivity index is 1.75. The molecule has 2 rings (SSSR count). The number of ether oxygens (including phenoxy) is 1. The number of phenols is 1. The van der Waals surface area contributed by atoms with Gasteiger partial charge in [-0.1, -0.05) is 24.3 Å². The smallest absolute Gasteiger partial charge is 0.133 e. The zero-order valence-corrected chi connectivity index (χ0v) is 12.2. The second-order valence-electron chi connectivity index (χ2n) is 5.05. The molecule has 0 aliphatic rings. The van der Waals surface area contributed by atoms with Crippen molar-refractivity contribution in [3.05, 3.63) is 59.7 Å². The van der Waals surface area contributed by atoms with Gasteiger partial charge >= 0.3 is 0 Å². The zero-order chi connectivity index (χ0) is 15.1. The number of carbonyl (C=O) groups is 1. The quantitative estimate of drug-likeness (QED) is 0.846. The van der Waals surface area contributed by atoms with Crippen LogP contribution in [0.4, 0.5) is 0 Å². The number of hydrogen-bond acceptors (Lipinski definition) is 3. The maximum atomic E-state index is 11.9. The number of aryl methyl sites for hydroxylation is 2. The highest BCUT2D eigenvalue weighted by Crippen LogP contribution is 2.14. The van der Waals surface area contributed by atoms with E-state index in [-0.39, 0.29) is 11.5 Å². The minimum atomic E-state index is 0.254. The highest BCUT2D eigenvalue weighted by molar-refractivity contribution is 5.78. The molecule has 1 N–H and O–H groups in total. The summed E-state index contributed by atoms with van der Waals surface area (Å²) in [6.45, 7) is 0. The molecule has 0 aromatic heterocycles. The molecule has 2 aromatic rings. The van der Waals surface area contributed by atoms with Crippen molar-refractivity contribution >= 4 is 5.78 Å².